The molecular weight excluding hydrogens is 364 g/mol. The molecule has 6 nitrogen and oxygen atoms in total. The molecule has 0 saturated carbocycles. The Morgan fingerprint density at radius 1 is 1.14 bits per heavy atom. The van der Waals surface area contributed by atoms with Crippen LogP contribution in [0.5, 0.6) is 0 Å². The van der Waals surface area contributed by atoms with Gasteiger partial charge in [0.05, 0.1) is 17.6 Å². The number of para-hydroxylation sites is 2. The van der Waals surface area contributed by atoms with Crippen LogP contribution in [0.15, 0.2) is 48.5 Å². The second kappa shape index (κ2) is 7.54. The van der Waals surface area contributed by atoms with Crippen LogP contribution in [0.2, 0.25) is 0 Å². The van der Waals surface area contributed by atoms with Crippen LogP contribution in [0.3, 0.4) is 0 Å². The van der Waals surface area contributed by atoms with E-state index in [4.69, 9.17) is 20.4 Å². The Balaban J connectivity index is 1.96. The van der Waals surface area contributed by atoms with E-state index in [0.29, 0.717) is 23.3 Å². The van der Waals surface area contributed by atoms with E-state index in [1.165, 1.54) is 0 Å². The average molecular weight is 388 g/mol. The Morgan fingerprint density at radius 2 is 1.86 bits per heavy atom. The molecule has 148 valence electrons. The maximum atomic E-state index is 13.0. The zero-order valence-electron chi connectivity index (χ0n) is 16.8. The number of aryl methyl sites for hydroxylation is 1. The summed E-state index contributed by atoms with van der Waals surface area (Å²) in [4.78, 5) is 22.4. The number of nitrogens with two attached hydrogens (primary N) is 1. The van der Waals surface area contributed by atoms with Crippen molar-refractivity contribution in [1.29, 1.82) is 0 Å². The molecule has 0 bridgehead atoms. The third kappa shape index (κ3) is 3.42. The van der Waals surface area contributed by atoms with Crippen LogP contribution in [0, 0.1) is 12.8 Å². The lowest BCUT2D eigenvalue weighted by Gasteiger charge is -2.10. The second-order valence-corrected chi connectivity index (χ2v) is 7.43. The molecule has 2 N–H and O–H groups in total. The molecule has 6 heteroatoms. The Kier molecular flexibility index (Phi) is 4.92. The van der Waals surface area contributed by atoms with Crippen molar-refractivity contribution in [1.82, 2.24) is 14.5 Å². The highest BCUT2D eigenvalue weighted by Crippen LogP contribution is 2.31. The summed E-state index contributed by atoms with van der Waals surface area (Å²) in [5.41, 5.74) is 11.1. The van der Waals surface area contributed by atoms with E-state index in [1.807, 2.05) is 62.4 Å². The Bertz CT molecular complexity index is 1210. The SMILES string of the molecule is CC[C@H](C)COC(=O)c1c(N)n(-c2cccc(C)c2)c2nc3ccccc3nc12. The van der Waals surface area contributed by atoms with Gasteiger partial charge in [-0.3, -0.25) is 4.57 Å². The smallest absolute Gasteiger partial charge is 0.344 e. The molecule has 4 aromatic rings. The fourth-order valence-corrected chi connectivity index (χ4v) is 3.30. The van der Waals surface area contributed by atoms with E-state index in [2.05, 4.69) is 6.92 Å². The monoisotopic (exact) mass is 388 g/mol. The molecule has 0 radical (unpaired) electrons. The second-order valence-electron chi connectivity index (χ2n) is 7.43. The van der Waals surface area contributed by atoms with Crippen molar-refractivity contribution in [2.45, 2.75) is 27.2 Å². The predicted molar refractivity (Wildman–Crippen MR) is 115 cm³/mol. The molecule has 0 saturated heterocycles. The third-order valence-electron chi connectivity index (χ3n) is 5.16. The van der Waals surface area contributed by atoms with Gasteiger partial charge in [-0.25, -0.2) is 14.8 Å². The Morgan fingerprint density at radius 3 is 2.55 bits per heavy atom. The molecule has 0 aliphatic rings. The predicted octanol–water partition coefficient (Wildman–Crippen LogP) is 4.67. The Hall–Kier alpha value is -3.41. The minimum atomic E-state index is -0.469. The summed E-state index contributed by atoms with van der Waals surface area (Å²) in [5, 5.41) is 0. The van der Waals surface area contributed by atoms with Gasteiger partial charge in [-0.15, -0.1) is 0 Å². The first-order valence-corrected chi connectivity index (χ1v) is 9.80. The van der Waals surface area contributed by atoms with Crippen LogP contribution in [0.25, 0.3) is 27.9 Å². The fourth-order valence-electron chi connectivity index (χ4n) is 3.30. The van der Waals surface area contributed by atoms with Gasteiger partial charge in [-0.2, -0.15) is 0 Å². The van der Waals surface area contributed by atoms with Crippen molar-refractivity contribution >= 4 is 34.0 Å². The third-order valence-corrected chi connectivity index (χ3v) is 5.16. The number of nitrogens with zero attached hydrogens (tertiary/aromatic N) is 3. The van der Waals surface area contributed by atoms with Gasteiger partial charge in [-0.05, 0) is 42.7 Å². The summed E-state index contributed by atoms with van der Waals surface area (Å²) in [7, 11) is 0. The maximum absolute atomic E-state index is 13.0. The number of carbonyl (C=O) groups is 1. The number of anilines is 1. The number of hydrogen-bond acceptors (Lipinski definition) is 5. The molecule has 0 aliphatic heterocycles. The van der Waals surface area contributed by atoms with Crippen molar-refractivity contribution in [3.05, 3.63) is 59.7 Å². The summed E-state index contributed by atoms with van der Waals surface area (Å²) in [6, 6.07) is 15.5. The van der Waals surface area contributed by atoms with Crippen LogP contribution >= 0.6 is 0 Å². The molecule has 2 aromatic carbocycles. The number of fused-ring (bicyclic) bond motifs is 2. The highest BCUT2D eigenvalue weighted by atomic mass is 16.5. The first kappa shape index (κ1) is 18.9. The molecular formula is C23H24N4O2. The zero-order valence-corrected chi connectivity index (χ0v) is 16.8. The lowest BCUT2D eigenvalue weighted by atomic mass is 10.1. The molecule has 4 rings (SSSR count). The molecule has 1 atom stereocenters. The molecule has 0 aliphatic carbocycles. The van der Waals surface area contributed by atoms with Crippen LogP contribution in [-0.4, -0.2) is 27.1 Å². The van der Waals surface area contributed by atoms with Gasteiger partial charge in [-0.1, -0.05) is 44.5 Å². The number of carbonyl (C=O) groups excluding carboxylic acids is 1. The number of hydrogen-bond donors (Lipinski definition) is 1. The number of benzene rings is 2. The van der Waals surface area contributed by atoms with E-state index in [-0.39, 0.29) is 17.3 Å². The molecule has 0 spiro atoms. The minimum absolute atomic E-state index is 0.267. The van der Waals surface area contributed by atoms with Crippen molar-refractivity contribution in [3.8, 4) is 5.69 Å². The van der Waals surface area contributed by atoms with Crippen LogP contribution in [0.4, 0.5) is 5.82 Å². The molecule has 0 amide bonds. The first-order valence-electron chi connectivity index (χ1n) is 9.80. The standard InChI is InChI=1S/C23H24N4O2/c1-4-14(2)13-29-23(28)19-20-22(26-18-11-6-5-10-17(18)25-20)27(21(19)24)16-9-7-8-15(3)12-16/h5-12,14H,4,13,24H2,1-3H3/t14-/m0/s1. The molecule has 2 aromatic heterocycles. The van der Waals surface area contributed by atoms with Gasteiger partial charge in [0.25, 0.3) is 0 Å². The summed E-state index contributed by atoms with van der Waals surface area (Å²) in [6.45, 7) is 6.45. The topological polar surface area (TPSA) is 83.0 Å². The lowest BCUT2D eigenvalue weighted by molar-refractivity contribution is 0.0450. The van der Waals surface area contributed by atoms with Gasteiger partial charge in [0.15, 0.2) is 5.65 Å². The quantitative estimate of drug-likeness (QED) is 0.503. The molecule has 0 unspecified atom stereocenters. The summed E-state index contributed by atoms with van der Waals surface area (Å²) >= 11 is 0. The van der Waals surface area contributed by atoms with Crippen LogP contribution < -0.4 is 5.73 Å². The van der Waals surface area contributed by atoms with Crippen molar-refractivity contribution < 1.29 is 9.53 Å². The van der Waals surface area contributed by atoms with E-state index >= 15 is 0 Å². The highest BCUT2D eigenvalue weighted by Gasteiger charge is 2.26. The van der Waals surface area contributed by atoms with E-state index in [1.54, 1.807) is 4.57 Å². The van der Waals surface area contributed by atoms with Gasteiger partial charge in [0, 0.05) is 5.69 Å². The van der Waals surface area contributed by atoms with Crippen LogP contribution in [-0.2, 0) is 4.74 Å². The van der Waals surface area contributed by atoms with E-state index in [0.717, 1.165) is 23.2 Å². The average Bonchev–Trinajstić information content (AvgIpc) is 3.00. The number of ether oxygens (including phenoxy) is 1. The first-order chi connectivity index (χ1) is 14.0. The van der Waals surface area contributed by atoms with Gasteiger partial charge < -0.3 is 10.5 Å². The lowest BCUT2D eigenvalue weighted by Crippen LogP contribution is -2.13. The summed E-state index contributed by atoms with van der Waals surface area (Å²) in [5.74, 6) is 0.0936. The Labute approximate surface area is 169 Å². The van der Waals surface area contributed by atoms with Gasteiger partial charge in [0.1, 0.15) is 16.9 Å². The number of esters is 1. The van der Waals surface area contributed by atoms with E-state index in [9.17, 15) is 4.79 Å². The molecule has 29 heavy (non-hydrogen) atoms. The summed E-state index contributed by atoms with van der Waals surface area (Å²) in [6.07, 6.45) is 0.929. The van der Waals surface area contributed by atoms with Crippen molar-refractivity contribution in [3.63, 3.8) is 0 Å². The summed E-state index contributed by atoms with van der Waals surface area (Å²) < 4.78 is 7.33. The number of aromatic nitrogens is 3. The maximum Gasteiger partial charge on any atom is 0.344 e. The van der Waals surface area contributed by atoms with Crippen molar-refractivity contribution in [2.24, 2.45) is 5.92 Å². The largest absolute Gasteiger partial charge is 0.462 e. The van der Waals surface area contributed by atoms with Gasteiger partial charge in [0.2, 0.25) is 0 Å². The van der Waals surface area contributed by atoms with Crippen molar-refractivity contribution in [2.75, 3.05) is 12.3 Å². The molecule has 2 heterocycles. The molecule has 0 fully saturated rings. The number of nitrogen functional groups attached to an aromatic ring is 1. The van der Waals surface area contributed by atoms with Crippen LogP contribution in [0.1, 0.15) is 36.2 Å². The van der Waals surface area contributed by atoms with Gasteiger partial charge >= 0.3 is 5.97 Å². The minimum Gasteiger partial charge on any atom is -0.462 e. The van der Waals surface area contributed by atoms with E-state index < -0.39 is 5.97 Å². The number of rotatable bonds is 5. The zero-order chi connectivity index (χ0) is 20.5. The normalized spacial score (nSPS) is 12.4. The highest BCUT2D eigenvalue weighted by molar-refractivity contribution is 6.09. The fraction of sp³-hybridized carbons (Fsp3) is 0.261.